The molecule has 0 aliphatic carbocycles. The van der Waals surface area contributed by atoms with E-state index in [9.17, 15) is 22.4 Å². The van der Waals surface area contributed by atoms with E-state index >= 15 is 0 Å². The number of nitrogens with one attached hydrogen (secondary N) is 1. The molecule has 4 aromatic rings. The van der Waals surface area contributed by atoms with Gasteiger partial charge >= 0.3 is 0 Å². The molecule has 1 heterocycles. The molecule has 0 bridgehead atoms. The number of amides is 1. The Labute approximate surface area is 217 Å². The monoisotopic (exact) mass is 541 g/mol. The number of carbonyl (C=O) groups is 2. The Balaban J connectivity index is 1.98. The van der Waals surface area contributed by atoms with Crippen LogP contribution in [0.25, 0.3) is 21.6 Å². The van der Waals surface area contributed by atoms with E-state index in [2.05, 4.69) is 5.32 Å². The topological polar surface area (TPSA) is 80.3 Å². The molecule has 0 aliphatic heterocycles. The second kappa shape index (κ2) is 10.3. The number of benzene rings is 3. The molecule has 0 unspecified atom stereocenters. The fourth-order valence-electron chi connectivity index (χ4n) is 3.72. The van der Waals surface area contributed by atoms with Gasteiger partial charge in [-0.3, -0.25) is 9.59 Å². The third kappa shape index (κ3) is 5.26. The maximum absolute atomic E-state index is 14.1. The molecule has 3 aromatic carbocycles. The first kappa shape index (κ1) is 25.8. The van der Waals surface area contributed by atoms with Gasteiger partial charge in [0.05, 0.1) is 20.5 Å². The van der Waals surface area contributed by atoms with Crippen molar-refractivity contribution in [3.05, 3.63) is 94.1 Å². The van der Waals surface area contributed by atoms with Crippen molar-refractivity contribution in [2.24, 2.45) is 0 Å². The number of thiophene rings is 1. The maximum Gasteiger partial charge on any atom is 0.221 e. The van der Waals surface area contributed by atoms with Gasteiger partial charge < -0.3 is 5.32 Å². The van der Waals surface area contributed by atoms with Gasteiger partial charge in [-0.15, -0.1) is 11.3 Å². The Morgan fingerprint density at radius 1 is 0.972 bits per heavy atom. The summed E-state index contributed by atoms with van der Waals surface area (Å²) < 4.78 is 39.3. The molecule has 0 fully saturated rings. The summed E-state index contributed by atoms with van der Waals surface area (Å²) in [6.07, 6.45) is 0. The van der Waals surface area contributed by atoms with Gasteiger partial charge in [-0.05, 0) is 54.1 Å². The number of rotatable bonds is 7. The first-order valence-corrected chi connectivity index (χ1v) is 13.8. The van der Waals surface area contributed by atoms with Gasteiger partial charge in [-0.25, -0.2) is 12.8 Å². The highest BCUT2D eigenvalue weighted by Gasteiger charge is 2.24. The molecule has 1 amide bonds. The van der Waals surface area contributed by atoms with Gasteiger partial charge in [0.25, 0.3) is 0 Å². The summed E-state index contributed by atoms with van der Waals surface area (Å²) in [6, 6.07) is 18.6. The molecule has 0 spiro atoms. The lowest BCUT2D eigenvalue weighted by Crippen LogP contribution is -2.08. The van der Waals surface area contributed by atoms with Crippen LogP contribution in [0.5, 0.6) is 0 Å². The fourth-order valence-corrected chi connectivity index (χ4v) is 6.01. The normalized spacial score (nSPS) is 11.3. The third-order valence-electron chi connectivity index (χ3n) is 5.50. The molecule has 9 heteroatoms. The molecule has 1 aromatic heterocycles. The van der Waals surface area contributed by atoms with Gasteiger partial charge in [0.2, 0.25) is 11.7 Å². The second-order valence-corrected chi connectivity index (χ2v) is 11.7. The molecule has 184 valence electrons. The Kier molecular flexibility index (Phi) is 7.40. The summed E-state index contributed by atoms with van der Waals surface area (Å²) in [7, 11) is -3.54. The van der Waals surface area contributed by atoms with Crippen molar-refractivity contribution in [2.75, 3.05) is 11.1 Å². The van der Waals surface area contributed by atoms with E-state index in [1.54, 1.807) is 49.4 Å². The zero-order valence-corrected chi connectivity index (χ0v) is 21.7. The summed E-state index contributed by atoms with van der Waals surface area (Å²) in [4.78, 5) is 26.4. The minimum absolute atomic E-state index is 0.0915. The van der Waals surface area contributed by atoms with Gasteiger partial charge in [-0.2, -0.15) is 0 Å². The number of halogens is 2. The lowest BCUT2D eigenvalue weighted by atomic mass is 10.00. The van der Waals surface area contributed by atoms with Crippen LogP contribution in [-0.4, -0.2) is 25.9 Å². The van der Waals surface area contributed by atoms with E-state index in [1.165, 1.54) is 37.3 Å². The quantitative estimate of drug-likeness (QED) is 0.259. The molecular weight excluding hydrogens is 521 g/mol. The van der Waals surface area contributed by atoms with E-state index in [1.807, 2.05) is 0 Å². The molecular formula is C27H21ClFNO4S2. The SMILES string of the molecule is CCS(=O)(=O)c1ccc(NC(C)=O)c(-c2cc(-c3cccc(F)c3)c(C(=O)c3ccccc3Cl)s2)c1. The highest BCUT2D eigenvalue weighted by molar-refractivity contribution is 7.91. The largest absolute Gasteiger partial charge is 0.326 e. The van der Waals surface area contributed by atoms with E-state index in [-0.39, 0.29) is 32.9 Å². The van der Waals surface area contributed by atoms with E-state index < -0.39 is 15.7 Å². The number of anilines is 1. The van der Waals surface area contributed by atoms with Gasteiger partial charge in [0.1, 0.15) is 5.82 Å². The van der Waals surface area contributed by atoms with E-state index in [4.69, 9.17) is 11.6 Å². The minimum Gasteiger partial charge on any atom is -0.326 e. The zero-order chi connectivity index (χ0) is 26.0. The van der Waals surface area contributed by atoms with Crippen molar-refractivity contribution in [1.29, 1.82) is 0 Å². The molecule has 0 aliphatic rings. The van der Waals surface area contributed by atoms with Crippen LogP contribution in [0, 0.1) is 5.82 Å². The molecule has 1 N–H and O–H groups in total. The Bertz CT molecular complexity index is 1600. The number of ketones is 1. The summed E-state index contributed by atoms with van der Waals surface area (Å²) in [5.41, 5.74) is 2.06. The Hall–Kier alpha value is -3.33. The molecule has 0 radical (unpaired) electrons. The summed E-state index contributed by atoms with van der Waals surface area (Å²) in [6.45, 7) is 2.89. The lowest BCUT2D eigenvalue weighted by Gasteiger charge is -2.11. The maximum atomic E-state index is 14.1. The summed E-state index contributed by atoms with van der Waals surface area (Å²) in [5, 5.41) is 3.00. The van der Waals surface area contributed by atoms with Crippen molar-refractivity contribution < 1.29 is 22.4 Å². The van der Waals surface area contributed by atoms with Crippen molar-refractivity contribution >= 4 is 50.2 Å². The van der Waals surface area contributed by atoms with Crippen LogP contribution in [0.4, 0.5) is 10.1 Å². The standard InChI is InChI=1S/C27H21ClFNO4S2/c1-3-36(33,34)19-11-12-24(30-16(2)31)22(14-19)25-15-21(17-7-6-8-18(29)13-17)27(35-25)26(32)20-9-4-5-10-23(20)28/h4-15H,3H2,1-2H3,(H,30,31). The van der Waals surface area contributed by atoms with Gasteiger partial charge in [0.15, 0.2) is 9.84 Å². The first-order chi connectivity index (χ1) is 17.1. The van der Waals surface area contributed by atoms with Crippen molar-refractivity contribution in [1.82, 2.24) is 0 Å². The Morgan fingerprint density at radius 3 is 2.39 bits per heavy atom. The van der Waals surface area contributed by atoms with Gasteiger partial charge in [0, 0.05) is 34.2 Å². The van der Waals surface area contributed by atoms with Crippen LogP contribution in [0.2, 0.25) is 5.02 Å². The molecule has 5 nitrogen and oxygen atoms in total. The Morgan fingerprint density at radius 2 is 1.72 bits per heavy atom. The molecule has 0 saturated heterocycles. The lowest BCUT2D eigenvalue weighted by molar-refractivity contribution is -0.114. The smallest absolute Gasteiger partial charge is 0.221 e. The average Bonchev–Trinajstić information content (AvgIpc) is 3.29. The number of hydrogen-bond acceptors (Lipinski definition) is 5. The number of carbonyl (C=O) groups excluding carboxylic acids is 2. The predicted octanol–water partition coefficient (Wildman–Crippen LogP) is 6.86. The highest BCUT2D eigenvalue weighted by atomic mass is 35.5. The van der Waals surface area contributed by atoms with Gasteiger partial charge in [-0.1, -0.05) is 42.8 Å². The highest BCUT2D eigenvalue weighted by Crippen LogP contribution is 2.42. The molecule has 0 atom stereocenters. The zero-order valence-electron chi connectivity index (χ0n) is 19.3. The van der Waals surface area contributed by atoms with Crippen LogP contribution in [0.3, 0.4) is 0 Å². The number of hydrogen-bond donors (Lipinski definition) is 1. The van der Waals surface area contributed by atoms with E-state index in [0.717, 1.165) is 11.3 Å². The molecule has 36 heavy (non-hydrogen) atoms. The van der Waals surface area contributed by atoms with Crippen molar-refractivity contribution in [3.8, 4) is 21.6 Å². The van der Waals surface area contributed by atoms with Crippen molar-refractivity contribution in [2.45, 2.75) is 18.7 Å². The van der Waals surface area contributed by atoms with Crippen LogP contribution >= 0.6 is 22.9 Å². The second-order valence-electron chi connectivity index (χ2n) is 7.96. The van der Waals surface area contributed by atoms with Crippen LogP contribution in [-0.2, 0) is 14.6 Å². The molecule has 0 saturated carbocycles. The van der Waals surface area contributed by atoms with Crippen molar-refractivity contribution in [3.63, 3.8) is 0 Å². The number of sulfone groups is 1. The van der Waals surface area contributed by atoms with Crippen LogP contribution in [0.1, 0.15) is 29.1 Å². The summed E-state index contributed by atoms with van der Waals surface area (Å²) >= 11 is 7.41. The third-order valence-corrected chi connectivity index (χ3v) is 8.73. The first-order valence-electron chi connectivity index (χ1n) is 10.9. The average molecular weight is 542 g/mol. The summed E-state index contributed by atoms with van der Waals surface area (Å²) in [5.74, 6) is -1.25. The molecule has 4 rings (SSSR count). The minimum atomic E-state index is -3.54. The van der Waals surface area contributed by atoms with Crippen LogP contribution < -0.4 is 5.32 Å². The predicted molar refractivity (Wildman–Crippen MR) is 142 cm³/mol. The fraction of sp³-hybridized carbons (Fsp3) is 0.111. The van der Waals surface area contributed by atoms with Crippen LogP contribution in [0.15, 0.2) is 77.7 Å². The van der Waals surface area contributed by atoms with E-state index in [0.29, 0.717) is 32.1 Å².